The van der Waals surface area contributed by atoms with E-state index in [1.165, 1.54) is 11.1 Å². The van der Waals surface area contributed by atoms with Crippen molar-refractivity contribution in [2.45, 2.75) is 75.3 Å². The van der Waals surface area contributed by atoms with Gasteiger partial charge in [0.25, 0.3) is 0 Å². The van der Waals surface area contributed by atoms with E-state index >= 15 is 0 Å². The van der Waals surface area contributed by atoms with E-state index in [2.05, 4.69) is 21.9 Å². The Labute approximate surface area is 223 Å². The summed E-state index contributed by atoms with van der Waals surface area (Å²) in [6, 6.07) is 6.62. The second-order valence-electron chi connectivity index (χ2n) is 11.8. The topological polar surface area (TPSA) is 86.0 Å². The quantitative estimate of drug-likeness (QED) is 0.609. The molecule has 3 atom stereocenters. The Kier molecular flexibility index (Phi) is 6.21. The van der Waals surface area contributed by atoms with E-state index in [1.54, 1.807) is 0 Å². The molecule has 5 aliphatic rings. The SMILES string of the molecule is Nc1ccc2c(c1)C1(CCC2)Cc2nc(OC[C@@]34CCCN3C[C@H](F)C4)nc(N3CCCOCC3)c2CO1. The molecule has 5 heterocycles. The molecule has 8 nitrogen and oxygen atoms in total. The standard InChI is InChI=1S/C29H38FN5O3/c30-21-15-28(7-2-10-35(28)17-21)19-37-27-32-25-16-29(8-1-4-20-5-6-22(31)14-24(20)29)38-18-23(25)26(33-27)34-9-3-12-36-13-11-34/h5-6,14,21H,1-4,7-13,15-19,31H2/t21-,28+,29?/m1/s1. The smallest absolute Gasteiger partial charge is 0.318 e. The number of benzene rings is 1. The van der Waals surface area contributed by atoms with Crippen molar-refractivity contribution >= 4 is 11.5 Å². The Bertz CT molecular complexity index is 1200. The first-order valence-electron chi connectivity index (χ1n) is 14.3. The molecule has 1 aromatic carbocycles. The average molecular weight is 524 g/mol. The van der Waals surface area contributed by atoms with Gasteiger partial charge in [0, 0.05) is 50.3 Å². The monoisotopic (exact) mass is 523 g/mol. The zero-order chi connectivity index (χ0) is 25.7. The second-order valence-corrected chi connectivity index (χ2v) is 11.8. The highest BCUT2D eigenvalue weighted by atomic mass is 19.1. The van der Waals surface area contributed by atoms with E-state index in [0.717, 1.165) is 87.5 Å². The minimum absolute atomic E-state index is 0.237. The van der Waals surface area contributed by atoms with Crippen LogP contribution in [0, 0.1) is 0 Å². The molecule has 38 heavy (non-hydrogen) atoms. The van der Waals surface area contributed by atoms with Gasteiger partial charge in [-0.1, -0.05) is 6.07 Å². The molecule has 0 radical (unpaired) electrons. The molecule has 1 aliphatic carbocycles. The van der Waals surface area contributed by atoms with Gasteiger partial charge < -0.3 is 24.8 Å². The van der Waals surface area contributed by atoms with Crippen LogP contribution >= 0.6 is 0 Å². The predicted molar refractivity (Wildman–Crippen MR) is 142 cm³/mol. The van der Waals surface area contributed by atoms with Gasteiger partial charge in [-0.25, -0.2) is 4.39 Å². The first-order valence-corrected chi connectivity index (χ1v) is 14.3. The summed E-state index contributed by atoms with van der Waals surface area (Å²) in [5.41, 5.74) is 10.9. The molecule has 0 saturated carbocycles. The fourth-order valence-corrected chi connectivity index (χ4v) is 7.52. The number of rotatable bonds is 4. The number of aromatic nitrogens is 2. The maximum atomic E-state index is 14.4. The van der Waals surface area contributed by atoms with Gasteiger partial charge in [0.1, 0.15) is 18.6 Å². The van der Waals surface area contributed by atoms with Crippen molar-refractivity contribution in [2.75, 3.05) is 56.6 Å². The lowest BCUT2D eigenvalue weighted by atomic mass is 9.74. The number of hydrogen-bond acceptors (Lipinski definition) is 8. The Balaban J connectivity index is 1.24. The van der Waals surface area contributed by atoms with Crippen molar-refractivity contribution in [3.63, 3.8) is 0 Å². The Hall–Kier alpha value is -2.49. The van der Waals surface area contributed by atoms with Crippen LogP contribution in [0.25, 0.3) is 0 Å². The number of fused-ring (bicyclic) bond motifs is 4. The summed E-state index contributed by atoms with van der Waals surface area (Å²) in [6.45, 7) is 5.40. The second kappa shape index (κ2) is 9.61. The molecule has 2 aromatic rings. The van der Waals surface area contributed by atoms with Crippen LogP contribution in [0.1, 0.15) is 60.9 Å². The highest BCUT2D eigenvalue weighted by molar-refractivity contribution is 5.54. The molecular formula is C29H38FN5O3. The van der Waals surface area contributed by atoms with Crippen LogP contribution in [0.3, 0.4) is 0 Å². The van der Waals surface area contributed by atoms with Gasteiger partial charge in [-0.2, -0.15) is 9.97 Å². The molecule has 204 valence electrons. The van der Waals surface area contributed by atoms with Crippen LogP contribution in [0.15, 0.2) is 18.2 Å². The average Bonchev–Trinajstić information content (AvgIpc) is 3.29. The van der Waals surface area contributed by atoms with Crippen molar-refractivity contribution < 1.29 is 18.6 Å². The van der Waals surface area contributed by atoms with Gasteiger partial charge in [0.05, 0.1) is 30.0 Å². The zero-order valence-electron chi connectivity index (χ0n) is 22.1. The maximum Gasteiger partial charge on any atom is 0.318 e. The van der Waals surface area contributed by atoms with Crippen LogP contribution in [0.2, 0.25) is 0 Å². The Morgan fingerprint density at radius 2 is 2.05 bits per heavy atom. The Morgan fingerprint density at radius 3 is 3.00 bits per heavy atom. The maximum absolute atomic E-state index is 14.4. The van der Waals surface area contributed by atoms with Crippen LogP contribution in [0.4, 0.5) is 15.9 Å². The highest BCUT2D eigenvalue weighted by Crippen LogP contribution is 2.47. The summed E-state index contributed by atoms with van der Waals surface area (Å²) >= 11 is 0. The first kappa shape index (κ1) is 24.5. The lowest BCUT2D eigenvalue weighted by Gasteiger charge is -2.43. The van der Waals surface area contributed by atoms with E-state index in [-0.39, 0.29) is 5.54 Å². The minimum Gasteiger partial charge on any atom is -0.461 e. The van der Waals surface area contributed by atoms with Crippen LogP contribution < -0.4 is 15.4 Å². The largest absolute Gasteiger partial charge is 0.461 e. The molecule has 2 N–H and O–H groups in total. The number of anilines is 2. The van der Waals surface area contributed by atoms with E-state index in [4.69, 9.17) is 29.9 Å². The molecule has 3 saturated heterocycles. The molecule has 1 spiro atoms. The van der Waals surface area contributed by atoms with E-state index in [9.17, 15) is 4.39 Å². The zero-order valence-corrected chi connectivity index (χ0v) is 22.1. The van der Waals surface area contributed by atoms with Crippen LogP contribution in [-0.2, 0) is 34.5 Å². The molecular weight excluding hydrogens is 485 g/mol. The molecule has 9 heteroatoms. The number of ether oxygens (including phenoxy) is 3. The summed E-state index contributed by atoms with van der Waals surface area (Å²) in [7, 11) is 0. The minimum atomic E-state index is -0.785. The lowest BCUT2D eigenvalue weighted by Crippen LogP contribution is -2.44. The molecule has 0 amide bonds. The van der Waals surface area contributed by atoms with Crippen LogP contribution in [-0.4, -0.2) is 72.6 Å². The fourth-order valence-electron chi connectivity index (χ4n) is 7.52. The van der Waals surface area contributed by atoms with Crippen molar-refractivity contribution in [1.29, 1.82) is 0 Å². The van der Waals surface area contributed by atoms with Gasteiger partial charge >= 0.3 is 6.01 Å². The normalized spacial score (nSPS) is 31.1. The summed E-state index contributed by atoms with van der Waals surface area (Å²) < 4.78 is 33.2. The molecule has 1 aromatic heterocycles. The van der Waals surface area contributed by atoms with E-state index in [1.807, 2.05) is 6.07 Å². The van der Waals surface area contributed by atoms with E-state index in [0.29, 0.717) is 45.2 Å². The summed E-state index contributed by atoms with van der Waals surface area (Å²) in [6.07, 6.45) is 6.45. The number of aryl methyl sites for hydroxylation is 1. The van der Waals surface area contributed by atoms with E-state index < -0.39 is 11.8 Å². The third-order valence-electron chi connectivity index (χ3n) is 9.40. The third-order valence-corrected chi connectivity index (χ3v) is 9.40. The number of alkyl halides is 1. The summed E-state index contributed by atoms with van der Waals surface area (Å²) in [5.74, 6) is 0.893. The first-order chi connectivity index (χ1) is 18.5. The van der Waals surface area contributed by atoms with Gasteiger partial charge in [-0.3, -0.25) is 4.90 Å². The molecule has 3 fully saturated rings. The Morgan fingerprint density at radius 1 is 1.11 bits per heavy atom. The number of nitrogens with zero attached hydrogens (tertiary/aromatic N) is 4. The van der Waals surface area contributed by atoms with Crippen molar-refractivity contribution in [3.8, 4) is 6.01 Å². The van der Waals surface area contributed by atoms with Gasteiger partial charge in [0.15, 0.2) is 0 Å². The molecule has 7 rings (SSSR count). The number of nitrogens with two attached hydrogens (primary N) is 1. The highest BCUT2D eigenvalue weighted by Gasteiger charge is 2.49. The van der Waals surface area contributed by atoms with Gasteiger partial charge in [0.2, 0.25) is 0 Å². The molecule has 4 aliphatic heterocycles. The van der Waals surface area contributed by atoms with Crippen molar-refractivity contribution in [1.82, 2.24) is 14.9 Å². The third kappa shape index (κ3) is 4.23. The summed E-state index contributed by atoms with van der Waals surface area (Å²) in [5, 5.41) is 0. The molecule has 1 unspecified atom stereocenters. The lowest BCUT2D eigenvalue weighted by molar-refractivity contribution is -0.0855. The summed E-state index contributed by atoms with van der Waals surface area (Å²) in [4.78, 5) is 14.5. The van der Waals surface area contributed by atoms with Gasteiger partial charge in [-0.15, -0.1) is 0 Å². The van der Waals surface area contributed by atoms with Crippen LogP contribution in [0.5, 0.6) is 6.01 Å². The molecule has 0 bridgehead atoms. The number of halogens is 1. The van der Waals surface area contributed by atoms with Crippen molar-refractivity contribution in [3.05, 3.63) is 40.6 Å². The fraction of sp³-hybridized carbons (Fsp3) is 0.655. The number of nitrogen functional groups attached to an aromatic ring is 1. The van der Waals surface area contributed by atoms with Crippen molar-refractivity contribution in [2.24, 2.45) is 0 Å². The predicted octanol–water partition coefficient (Wildman–Crippen LogP) is 3.55. The van der Waals surface area contributed by atoms with Gasteiger partial charge in [-0.05, 0) is 68.3 Å². The number of hydrogen-bond donors (Lipinski definition) is 1.